The van der Waals surface area contributed by atoms with Crippen LogP contribution in [0.2, 0.25) is 0 Å². The number of fused-ring (bicyclic) bond motifs is 1. The molecule has 0 aliphatic carbocycles. The van der Waals surface area contributed by atoms with Crippen molar-refractivity contribution in [3.63, 3.8) is 0 Å². The van der Waals surface area contributed by atoms with Crippen LogP contribution in [-0.2, 0) is 15.9 Å². The van der Waals surface area contributed by atoms with Gasteiger partial charge in [0.1, 0.15) is 0 Å². The lowest BCUT2D eigenvalue weighted by atomic mass is 10.2. The Labute approximate surface area is 151 Å². The number of aromatic nitrogens is 1. The number of hydrogen-bond acceptors (Lipinski definition) is 4. The van der Waals surface area contributed by atoms with Gasteiger partial charge in [-0.25, -0.2) is 12.4 Å². The van der Waals surface area contributed by atoms with E-state index in [1.54, 1.807) is 12.1 Å². The Morgan fingerprint density at radius 1 is 1.17 bits per heavy atom. The fourth-order valence-corrected chi connectivity index (χ4v) is 4.26. The Kier molecular flexibility index (Phi) is 4.37. The molecular weight excluding hydrogens is 420 g/mol. The molecule has 0 unspecified atom stereocenters. The predicted molar refractivity (Wildman–Crippen MR) is 94.9 cm³/mol. The van der Waals surface area contributed by atoms with Crippen molar-refractivity contribution in [3.05, 3.63) is 68.8 Å². The Bertz CT molecular complexity index is 1050. The summed E-state index contributed by atoms with van der Waals surface area (Å²) in [6, 6.07) is 10.3. The maximum absolute atomic E-state index is 12.9. The van der Waals surface area contributed by atoms with Gasteiger partial charge in [-0.3, -0.25) is 10.1 Å². The molecule has 1 heterocycles. The molecule has 0 fully saturated rings. The number of nitrogens with zero attached hydrogens (tertiary/aromatic N) is 2. The lowest BCUT2D eigenvalue weighted by molar-refractivity contribution is -0.384. The summed E-state index contributed by atoms with van der Waals surface area (Å²) in [5, 5.41) is 11.4. The van der Waals surface area contributed by atoms with E-state index in [9.17, 15) is 18.5 Å². The minimum Gasteiger partial charge on any atom is -0.258 e. The molecular formula is C15H10BrClN2O4S. The van der Waals surface area contributed by atoms with Crippen LogP contribution in [0.5, 0.6) is 0 Å². The van der Waals surface area contributed by atoms with Crippen molar-refractivity contribution in [1.29, 1.82) is 0 Å². The second kappa shape index (κ2) is 6.19. The normalized spacial score (nSPS) is 11.8. The second-order valence-electron chi connectivity index (χ2n) is 5.00. The van der Waals surface area contributed by atoms with Gasteiger partial charge >= 0.3 is 0 Å². The highest BCUT2D eigenvalue weighted by Crippen LogP contribution is 2.30. The predicted octanol–water partition coefficient (Wildman–Crippen LogP) is 4.29. The van der Waals surface area contributed by atoms with E-state index in [0.717, 1.165) is 8.45 Å². The van der Waals surface area contributed by atoms with Crippen molar-refractivity contribution in [1.82, 2.24) is 3.97 Å². The molecule has 2 aromatic carbocycles. The van der Waals surface area contributed by atoms with Crippen LogP contribution in [-0.4, -0.2) is 17.3 Å². The summed E-state index contributed by atoms with van der Waals surface area (Å²) in [5.74, 6) is 0.0422. The van der Waals surface area contributed by atoms with Crippen LogP contribution in [0.25, 0.3) is 10.9 Å². The fraction of sp³-hybridized carbons (Fsp3) is 0.0667. The van der Waals surface area contributed by atoms with Crippen LogP contribution in [0.15, 0.2) is 58.0 Å². The second-order valence-corrected chi connectivity index (χ2v) is 8.00. The van der Waals surface area contributed by atoms with Gasteiger partial charge in [0.05, 0.1) is 15.3 Å². The third-order valence-corrected chi connectivity index (χ3v) is 6.07. The largest absolute Gasteiger partial charge is 0.270 e. The third kappa shape index (κ3) is 2.81. The molecule has 0 saturated heterocycles. The zero-order chi connectivity index (χ0) is 17.5. The first-order valence-electron chi connectivity index (χ1n) is 6.70. The van der Waals surface area contributed by atoms with Gasteiger partial charge in [-0.05, 0) is 35.9 Å². The zero-order valence-electron chi connectivity index (χ0n) is 12.0. The van der Waals surface area contributed by atoms with Gasteiger partial charge in [-0.15, -0.1) is 11.6 Å². The molecule has 3 rings (SSSR count). The summed E-state index contributed by atoms with van der Waals surface area (Å²) >= 11 is 9.15. The van der Waals surface area contributed by atoms with Crippen molar-refractivity contribution >= 4 is 54.1 Å². The van der Waals surface area contributed by atoms with Gasteiger partial charge in [0, 0.05) is 34.1 Å². The van der Waals surface area contributed by atoms with Crippen LogP contribution >= 0.6 is 27.5 Å². The Morgan fingerprint density at radius 2 is 1.83 bits per heavy atom. The van der Waals surface area contributed by atoms with E-state index < -0.39 is 14.9 Å². The Balaban J connectivity index is 2.26. The first kappa shape index (κ1) is 16.9. The summed E-state index contributed by atoms with van der Waals surface area (Å²) in [7, 11) is -3.84. The quantitative estimate of drug-likeness (QED) is 0.352. The van der Waals surface area contributed by atoms with E-state index in [0.29, 0.717) is 16.5 Å². The molecule has 0 spiro atoms. The molecule has 124 valence electrons. The molecule has 0 aliphatic rings. The topological polar surface area (TPSA) is 82.2 Å². The maximum Gasteiger partial charge on any atom is 0.270 e. The molecule has 24 heavy (non-hydrogen) atoms. The number of rotatable bonds is 4. The summed E-state index contributed by atoms with van der Waals surface area (Å²) in [6.07, 6.45) is 1.40. The molecule has 0 N–H and O–H groups in total. The minimum absolute atomic E-state index is 0.0422. The van der Waals surface area contributed by atoms with E-state index in [-0.39, 0.29) is 16.5 Å². The van der Waals surface area contributed by atoms with E-state index in [1.807, 2.05) is 0 Å². The molecule has 3 aromatic rings. The highest BCUT2D eigenvalue weighted by molar-refractivity contribution is 9.10. The van der Waals surface area contributed by atoms with Gasteiger partial charge in [0.25, 0.3) is 15.7 Å². The fourth-order valence-electron chi connectivity index (χ4n) is 2.39. The van der Waals surface area contributed by atoms with Crippen LogP contribution < -0.4 is 0 Å². The molecule has 0 amide bonds. The van der Waals surface area contributed by atoms with Crippen molar-refractivity contribution < 1.29 is 13.3 Å². The van der Waals surface area contributed by atoms with Gasteiger partial charge in [-0.2, -0.15) is 0 Å². The number of alkyl halides is 1. The average molecular weight is 430 g/mol. The van der Waals surface area contributed by atoms with Crippen LogP contribution in [0.4, 0.5) is 5.69 Å². The average Bonchev–Trinajstić information content (AvgIpc) is 2.93. The molecule has 0 atom stereocenters. The van der Waals surface area contributed by atoms with E-state index in [2.05, 4.69) is 15.9 Å². The SMILES string of the molecule is O=[N+]([O-])c1ccc2c(c1)c(CCl)cn2S(=O)(=O)c1ccc(Br)cc1. The summed E-state index contributed by atoms with van der Waals surface area (Å²) in [4.78, 5) is 10.5. The number of hydrogen-bond donors (Lipinski definition) is 0. The van der Waals surface area contributed by atoms with Crippen molar-refractivity contribution in [3.8, 4) is 0 Å². The molecule has 0 bridgehead atoms. The smallest absolute Gasteiger partial charge is 0.258 e. The molecule has 9 heteroatoms. The highest BCUT2D eigenvalue weighted by Gasteiger charge is 2.22. The molecule has 1 aromatic heterocycles. The lowest BCUT2D eigenvalue weighted by Crippen LogP contribution is -2.11. The monoisotopic (exact) mass is 428 g/mol. The van der Waals surface area contributed by atoms with Crippen molar-refractivity contribution in [2.75, 3.05) is 0 Å². The number of nitro groups is 1. The van der Waals surface area contributed by atoms with E-state index in [1.165, 1.54) is 36.5 Å². The highest BCUT2D eigenvalue weighted by atomic mass is 79.9. The third-order valence-electron chi connectivity index (χ3n) is 3.56. The summed E-state index contributed by atoms with van der Waals surface area (Å²) < 4.78 is 27.6. The minimum atomic E-state index is -3.84. The first-order chi connectivity index (χ1) is 11.3. The van der Waals surface area contributed by atoms with Gasteiger partial charge in [0.2, 0.25) is 0 Å². The molecule has 0 radical (unpaired) electrons. The number of halogens is 2. The van der Waals surface area contributed by atoms with Crippen molar-refractivity contribution in [2.24, 2.45) is 0 Å². The zero-order valence-corrected chi connectivity index (χ0v) is 15.2. The van der Waals surface area contributed by atoms with Crippen molar-refractivity contribution in [2.45, 2.75) is 10.8 Å². The maximum atomic E-state index is 12.9. The lowest BCUT2D eigenvalue weighted by Gasteiger charge is -2.07. The number of nitro benzene ring substituents is 1. The van der Waals surface area contributed by atoms with Crippen LogP contribution in [0.1, 0.15) is 5.56 Å². The molecule has 0 saturated carbocycles. The van der Waals surface area contributed by atoms with Crippen LogP contribution in [0.3, 0.4) is 0 Å². The Hall–Kier alpha value is -1.90. The summed E-state index contributed by atoms with van der Waals surface area (Å²) in [5.41, 5.74) is 0.739. The number of benzene rings is 2. The van der Waals surface area contributed by atoms with Gasteiger partial charge in [-0.1, -0.05) is 15.9 Å². The Morgan fingerprint density at radius 3 is 2.42 bits per heavy atom. The standard InChI is InChI=1S/C15H10BrClN2O4S/c16-11-1-4-13(5-2-11)24(22,23)18-9-10(8-17)14-7-12(19(20)21)3-6-15(14)18/h1-7,9H,8H2. The van der Waals surface area contributed by atoms with E-state index >= 15 is 0 Å². The van der Waals surface area contributed by atoms with E-state index in [4.69, 9.17) is 11.6 Å². The number of non-ortho nitro benzene ring substituents is 1. The molecule has 0 aliphatic heterocycles. The van der Waals surface area contributed by atoms with Gasteiger partial charge in [0.15, 0.2) is 0 Å². The summed E-state index contributed by atoms with van der Waals surface area (Å²) in [6.45, 7) is 0. The first-order valence-corrected chi connectivity index (χ1v) is 9.47. The van der Waals surface area contributed by atoms with Gasteiger partial charge < -0.3 is 0 Å². The van der Waals surface area contributed by atoms with Crippen LogP contribution in [0, 0.1) is 10.1 Å². The molecule has 6 nitrogen and oxygen atoms in total.